The second kappa shape index (κ2) is 7.83. The Morgan fingerprint density at radius 2 is 1.96 bits per heavy atom. The van der Waals surface area contributed by atoms with Crippen molar-refractivity contribution in [2.24, 2.45) is 0 Å². The van der Waals surface area contributed by atoms with Crippen molar-refractivity contribution >= 4 is 11.9 Å². The highest BCUT2D eigenvalue weighted by Gasteiger charge is 2.23. The highest BCUT2D eigenvalue weighted by molar-refractivity contribution is 5.93. The van der Waals surface area contributed by atoms with Gasteiger partial charge in [0.2, 0.25) is 0 Å². The standard InChI is InChI=1S/C20H24N2O3/c1-6-11-21-19(23)16(5)25-20(24)17-12-14(3)22(15(17)4)18-10-8-7-9-13(18)2/h6-10,12,16H,1,11H2,2-5H3,(H,21,23). The Labute approximate surface area is 148 Å². The lowest BCUT2D eigenvalue weighted by Gasteiger charge is -2.14. The maximum atomic E-state index is 12.5. The summed E-state index contributed by atoms with van der Waals surface area (Å²) in [5, 5.41) is 2.61. The maximum Gasteiger partial charge on any atom is 0.340 e. The predicted molar refractivity (Wildman–Crippen MR) is 98.1 cm³/mol. The maximum absolute atomic E-state index is 12.5. The summed E-state index contributed by atoms with van der Waals surface area (Å²) in [6, 6.07) is 9.77. The molecule has 1 amide bonds. The van der Waals surface area contributed by atoms with Gasteiger partial charge in [-0.1, -0.05) is 24.3 Å². The number of para-hydroxylation sites is 1. The van der Waals surface area contributed by atoms with Crippen LogP contribution in [0.1, 0.15) is 34.2 Å². The molecule has 25 heavy (non-hydrogen) atoms. The first kappa shape index (κ1) is 18.5. The summed E-state index contributed by atoms with van der Waals surface area (Å²) in [6.45, 7) is 11.3. The van der Waals surface area contributed by atoms with Crippen LogP contribution >= 0.6 is 0 Å². The fourth-order valence-electron chi connectivity index (χ4n) is 2.75. The van der Waals surface area contributed by atoms with Crippen LogP contribution in [0.25, 0.3) is 5.69 Å². The van der Waals surface area contributed by atoms with Crippen LogP contribution in [0, 0.1) is 20.8 Å². The summed E-state index contributed by atoms with van der Waals surface area (Å²) >= 11 is 0. The third-order valence-electron chi connectivity index (χ3n) is 4.08. The van der Waals surface area contributed by atoms with E-state index in [1.807, 2.05) is 49.6 Å². The van der Waals surface area contributed by atoms with Gasteiger partial charge in [-0.2, -0.15) is 0 Å². The SMILES string of the molecule is C=CCNC(=O)C(C)OC(=O)c1cc(C)n(-c2ccccc2C)c1C. The van der Waals surface area contributed by atoms with Crippen LogP contribution < -0.4 is 5.32 Å². The normalized spacial score (nSPS) is 11.7. The smallest absolute Gasteiger partial charge is 0.340 e. The van der Waals surface area contributed by atoms with E-state index in [4.69, 9.17) is 4.74 Å². The van der Waals surface area contributed by atoms with E-state index in [0.29, 0.717) is 12.1 Å². The first-order chi connectivity index (χ1) is 11.9. The van der Waals surface area contributed by atoms with Gasteiger partial charge < -0.3 is 14.6 Å². The topological polar surface area (TPSA) is 60.3 Å². The average Bonchev–Trinajstić information content (AvgIpc) is 2.88. The van der Waals surface area contributed by atoms with E-state index in [0.717, 1.165) is 22.6 Å². The molecule has 0 saturated carbocycles. The van der Waals surface area contributed by atoms with Crippen molar-refractivity contribution in [3.8, 4) is 5.69 Å². The van der Waals surface area contributed by atoms with Crippen LogP contribution in [0.2, 0.25) is 0 Å². The molecule has 1 N–H and O–H groups in total. The van der Waals surface area contributed by atoms with Crippen LogP contribution in [-0.2, 0) is 9.53 Å². The number of hydrogen-bond acceptors (Lipinski definition) is 3. The molecule has 0 saturated heterocycles. The van der Waals surface area contributed by atoms with Gasteiger partial charge in [-0.25, -0.2) is 4.79 Å². The molecule has 1 unspecified atom stereocenters. The van der Waals surface area contributed by atoms with Crippen molar-refractivity contribution in [1.29, 1.82) is 0 Å². The molecular formula is C20H24N2O3. The zero-order chi connectivity index (χ0) is 18.6. The van der Waals surface area contributed by atoms with Gasteiger partial charge in [0.15, 0.2) is 6.10 Å². The minimum Gasteiger partial charge on any atom is -0.449 e. The molecule has 2 rings (SSSR count). The van der Waals surface area contributed by atoms with Crippen LogP contribution in [0.5, 0.6) is 0 Å². The van der Waals surface area contributed by atoms with Gasteiger partial charge >= 0.3 is 5.97 Å². The number of benzene rings is 1. The molecular weight excluding hydrogens is 316 g/mol. The summed E-state index contributed by atoms with van der Waals surface area (Å²) in [5.41, 5.74) is 4.32. The number of carbonyl (C=O) groups is 2. The Morgan fingerprint density at radius 3 is 2.60 bits per heavy atom. The minimum absolute atomic E-state index is 0.336. The Bertz CT molecular complexity index is 805. The van der Waals surface area contributed by atoms with Crippen LogP contribution in [-0.4, -0.2) is 29.1 Å². The van der Waals surface area contributed by atoms with E-state index in [1.54, 1.807) is 19.1 Å². The highest BCUT2D eigenvalue weighted by Crippen LogP contribution is 2.24. The number of aromatic nitrogens is 1. The molecule has 132 valence electrons. The number of carbonyl (C=O) groups excluding carboxylic acids is 2. The molecule has 0 fully saturated rings. The van der Waals surface area contributed by atoms with Gasteiger partial charge in [-0.05, 0) is 45.4 Å². The molecule has 0 aliphatic carbocycles. The van der Waals surface area contributed by atoms with E-state index in [9.17, 15) is 9.59 Å². The molecule has 0 spiro atoms. The van der Waals surface area contributed by atoms with Gasteiger partial charge in [0.1, 0.15) is 0 Å². The molecule has 5 heteroatoms. The largest absolute Gasteiger partial charge is 0.449 e. The molecule has 2 aromatic rings. The number of aryl methyl sites for hydroxylation is 2. The lowest BCUT2D eigenvalue weighted by molar-refractivity contribution is -0.128. The van der Waals surface area contributed by atoms with Crippen LogP contribution in [0.4, 0.5) is 0 Å². The Hall–Kier alpha value is -2.82. The fraction of sp³-hybridized carbons (Fsp3) is 0.300. The first-order valence-electron chi connectivity index (χ1n) is 8.21. The van der Waals surface area contributed by atoms with E-state index < -0.39 is 12.1 Å². The van der Waals surface area contributed by atoms with E-state index in [1.165, 1.54) is 0 Å². The van der Waals surface area contributed by atoms with Gasteiger partial charge in [-0.15, -0.1) is 6.58 Å². The molecule has 0 aliphatic heterocycles. The number of hydrogen-bond donors (Lipinski definition) is 1. The molecule has 1 aromatic heterocycles. The van der Waals surface area contributed by atoms with Gasteiger partial charge in [0.05, 0.1) is 5.56 Å². The average molecular weight is 340 g/mol. The molecule has 0 aliphatic rings. The zero-order valence-electron chi connectivity index (χ0n) is 15.1. The zero-order valence-corrected chi connectivity index (χ0v) is 15.1. The molecule has 1 heterocycles. The van der Waals surface area contributed by atoms with Crippen molar-refractivity contribution < 1.29 is 14.3 Å². The third kappa shape index (κ3) is 3.99. The van der Waals surface area contributed by atoms with E-state index in [-0.39, 0.29) is 5.91 Å². The minimum atomic E-state index is -0.867. The van der Waals surface area contributed by atoms with E-state index >= 15 is 0 Å². The lowest BCUT2D eigenvalue weighted by Crippen LogP contribution is -2.35. The summed E-state index contributed by atoms with van der Waals surface area (Å²) in [7, 11) is 0. The van der Waals surface area contributed by atoms with Crippen LogP contribution in [0.15, 0.2) is 43.0 Å². The second-order valence-electron chi connectivity index (χ2n) is 5.99. The highest BCUT2D eigenvalue weighted by atomic mass is 16.5. The summed E-state index contributed by atoms with van der Waals surface area (Å²) in [6.07, 6.45) is 0.705. The Balaban J connectivity index is 2.25. The fourth-order valence-corrected chi connectivity index (χ4v) is 2.75. The summed E-state index contributed by atoms with van der Waals surface area (Å²) < 4.78 is 7.33. The number of amides is 1. The quantitative estimate of drug-likeness (QED) is 0.649. The summed E-state index contributed by atoms with van der Waals surface area (Å²) in [5.74, 6) is -0.852. The van der Waals surface area contributed by atoms with Crippen molar-refractivity contribution in [3.05, 3.63) is 65.5 Å². The van der Waals surface area contributed by atoms with Crippen molar-refractivity contribution in [3.63, 3.8) is 0 Å². The number of rotatable bonds is 6. The monoisotopic (exact) mass is 340 g/mol. The number of nitrogens with zero attached hydrogens (tertiary/aromatic N) is 1. The van der Waals surface area contributed by atoms with Gasteiger partial charge in [0.25, 0.3) is 5.91 Å². The van der Waals surface area contributed by atoms with E-state index in [2.05, 4.69) is 11.9 Å². The van der Waals surface area contributed by atoms with Gasteiger partial charge in [0, 0.05) is 23.6 Å². The molecule has 5 nitrogen and oxygen atoms in total. The van der Waals surface area contributed by atoms with Crippen molar-refractivity contribution in [2.75, 3.05) is 6.54 Å². The first-order valence-corrected chi connectivity index (χ1v) is 8.21. The second-order valence-corrected chi connectivity index (χ2v) is 5.99. The predicted octanol–water partition coefficient (Wildman–Crippen LogP) is 3.25. The molecule has 1 atom stereocenters. The number of nitrogens with one attached hydrogen (secondary N) is 1. The number of esters is 1. The molecule has 0 bridgehead atoms. The Kier molecular flexibility index (Phi) is 5.80. The lowest BCUT2D eigenvalue weighted by atomic mass is 10.2. The third-order valence-corrected chi connectivity index (χ3v) is 4.08. The Morgan fingerprint density at radius 1 is 1.28 bits per heavy atom. The molecule has 0 radical (unpaired) electrons. The summed E-state index contributed by atoms with van der Waals surface area (Å²) in [4.78, 5) is 24.4. The van der Waals surface area contributed by atoms with Gasteiger partial charge in [-0.3, -0.25) is 4.79 Å². The van der Waals surface area contributed by atoms with Crippen molar-refractivity contribution in [2.45, 2.75) is 33.8 Å². The molecule has 1 aromatic carbocycles. The number of ether oxygens (including phenoxy) is 1. The van der Waals surface area contributed by atoms with Crippen LogP contribution in [0.3, 0.4) is 0 Å². The van der Waals surface area contributed by atoms with Crippen molar-refractivity contribution in [1.82, 2.24) is 9.88 Å².